The van der Waals surface area contributed by atoms with Crippen LogP contribution in [0.1, 0.15) is 25.2 Å². The highest BCUT2D eigenvalue weighted by atomic mass is 15.2. The Morgan fingerprint density at radius 1 is 1.40 bits per heavy atom. The van der Waals surface area contributed by atoms with Crippen molar-refractivity contribution < 1.29 is 0 Å². The number of likely N-dealkylation sites (N-methyl/N-ethyl adjacent to an activating group) is 1. The summed E-state index contributed by atoms with van der Waals surface area (Å²) in [7, 11) is 2.15. The van der Waals surface area contributed by atoms with Crippen LogP contribution in [0.4, 0.5) is 5.69 Å². The fourth-order valence-electron chi connectivity index (χ4n) is 2.32. The van der Waals surface area contributed by atoms with E-state index < -0.39 is 0 Å². The summed E-state index contributed by atoms with van der Waals surface area (Å²) in [6, 6.07) is 2.16. The standard InChI is InChI=1S/C12H21N3/c1-9(2)6-10-7-11(13)12-8-14(3)4-5-15(10)12/h7,9H,4-6,8,13H2,1-3H3. The van der Waals surface area contributed by atoms with Crippen LogP contribution in [0.5, 0.6) is 0 Å². The van der Waals surface area contributed by atoms with E-state index in [-0.39, 0.29) is 0 Å². The molecule has 0 atom stereocenters. The summed E-state index contributed by atoms with van der Waals surface area (Å²) < 4.78 is 2.41. The fourth-order valence-corrected chi connectivity index (χ4v) is 2.32. The molecule has 1 aromatic rings. The summed E-state index contributed by atoms with van der Waals surface area (Å²) in [6.45, 7) is 7.72. The Kier molecular flexibility index (Phi) is 2.74. The average molecular weight is 207 g/mol. The summed E-state index contributed by atoms with van der Waals surface area (Å²) in [5.41, 5.74) is 9.74. The number of nitrogen functional groups attached to an aromatic ring is 1. The van der Waals surface area contributed by atoms with Crippen molar-refractivity contribution in [3.63, 3.8) is 0 Å². The molecule has 3 heteroatoms. The first-order valence-electron chi connectivity index (χ1n) is 5.73. The predicted molar refractivity (Wildman–Crippen MR) is 63.7 cm³/mol. The second-order valence-electron chi connectivity index (χ2n) is 5.03. The lowest BCUT2D eigenvalue weighted by atomic mass is 10.1. The second kappa shape index (κ2) is 3.89. The van der Waals surface area contributed by atoms with Gasteiger partial charge in [0.05, 0.1) is 11.4 Å². The van der Waals surface area contributed by atoms with Gasteiger partial charge in [-0.1, -0.05) is 13.8 Å². The van der Waals surface area contributed by atoms with E-state index in [0.717, 1.165) is 31.7 Å². The van der Waals surface area contributed by atoms with Crippen molar-refractivity contribution in [2.75, 3.05) is 19.3 Å². The van der Waals surface area contributed by atoms with Crippen molar-refractivity contribution in [2.45, 2.75) is 33.4 Å². The molecule has 0 aliphatic carbocycles. The van der Waals surface area contributed by atoms with Crippen LogP contribution in [-0.2, 0) is 19.5 Å². The van der Waals surface area contributed by atoms with Gasteiger partial charge in [-0.05, 0) is 25.5 Å². The van der Waals surface area contributed by atoms with Crippen LogP contribution >= 0.6 is 0 Å². The lowest BCUT2D eigenvalue weighted by molar-refractivity contribution is 0.267. The fraction of sp³-hybridized carbons (Fsp3) is 0.667. The topological polar surface area (TPSA) is 34.2 Å². The van der Waals surface area contributed by atoms with E-state index in [1.54, 1.807) is 0 Å². The zero-order chi connectivity index (χ0) is 11.0. The quantitative estimate of drug-likeness (QED) is 0.801. The molecule has 0 saturated carbocycles. The lowest BCUT2D eigenvalue weighted by Gasteiger charge is -2.26. The molecule has 2 heterocycles. The van der Waals surface area contributed by atoms with Crippen LogP contribution in [0.15, 0.2) is 6.07 Å². The number of fused-ring (bicyclic) bond motifs is 1. The van der Waals surface area contributed by atoms with E-state index in [4.69, 9.17) is 5.73 Å². The van der Waals surface area contributed by atoms with Gasteiger partial charge in [-0.25, -0.2) is 0 Å². The van der Waals surface area contributed by atoms with Gasteiger partial charge in [0, 0.05) is 25.3 Å². The van der Waals surface area contributed by atoms with Gasteiger partial charge >= 0.3 is 0 Å². The summed E-state index contributed by atoms with van der Waals surface area (Å²) >= 11 is 0. The van der Waals surface area contributed by atoms with E-state index in [2.05, 4.69) is 36.4 Å². The van der Waals surface area contributed by atoms with Gasteiger partial charge in [0.25, 0.3) is 0 Å². The maximum absolute atomic E-state index is 6.05. The minimum atomic E-state index is 0.697. The number of hydrogen-bond acceptors (Lipinski definition) is 2. The third-order valence-corrected chi connectivity index (χ3v) is 3.07. The molecular formula is C12H21N3. The van der Waals surface area contributed by atoms with Crippen molar-refractivity contribution in [1.82, 2.24) is 9.47 Å². The third kappa shape index (κ3) is 2.02. The molecule has 2 N–H and O–H groups in total. The van der Waals surface area contributed by atoms with E-state index in [9.17, 15) is 0 Å². The lowest BCUT2D eigenvalue weighted by Crippen LogP contribution is -2.31. The highest BCUT2D eigenvalue weighted by molar-refractivity contribution is 5.48. The molecule has 0 amide bonds. The monoisotopic (exact) mass is 207 g/mol. The molecule has 84 valence electrons. The molecule has 1 aliphatic heterocycles. The zero-order valence-electron chi connectivity index (χ0n) is 9.95. The molecule has 2 rings (SSSR count). The van der Waals surface area contributed by atoms with Gasteiger partial charge in [0.1, 0.15) is 0 Å². The highest BCUT2D eigenvalue weighted by Gasteiger charge is 2.19. The number of anilines is 1. The Hall–Kier alpha value is -0.960. The van der Waals surface area contributed by atoms with E-state index in [1.165, 1.54) is 11.4 Å². The third-order valence-electron chi connectivity index (χ3n) is 3.07. The van der Waals surface area contributed by atoms with E-state index >= 15 is 0 Å². The number of nitrogens with zero attached hydrogens (tertiary/aromatic N) is 2. The van der Waals surface area contributed by atoms with Crippen molar-refractivity contribution in [2.24, 2.45) is 5.92 Å². The Bertz CT molecular complexity index is 352. The van der Waals surface area contributed by atoms with Gasteiger partial charge in [-0.15, -0.1) is 0 Å². The van der Waals surface area contributed by atoms with Crippen molar-refractivity contribution in [3.05, 3.63) is 17.5 Å². The number of rotatable bonds is 2. The summed E-state index contributed by atoms with van der Waals surface area (Å²) in [5, 5.41) is 0. The molecule has 0 spiro atoms. The van der Waals surface area contributed by atoms with Crippen LogP contribution in [0, 0.1) is 5.92 Å². The maximum Gasteiger partial charge on any atom is 0.0552 e. The summed E-state index contributed by atoms with van der Waals surface area (Å²) in [5.74, 6) is 0.697. The first-order chi connectivity index (χ1) is 7.08. The molecular weight excluding hydrogens is 186 g/mol. The SMILES string of the molecule is CC(C)Cc1cc(N)c2n1CCN(C)C2. The molecule has 0 unspecified atom stereocenters. The van der Waals surface area contributed by atoms with Gasteiger partial charge < -0.3 is 10.3 Å². The maximum atomic E-state index is 6.05. The Balaban J connectivity index is 2.31. The summed E-state index contributed by atoms with van der Waals surface area (Å²) in [4.78, 5) is 2.32. The minimum absolute atomic E-state index is 0.697. The Morgan fingerprint density at radius 2 is 2.13 bits per heavy atom. The molecule has 0 saturated heterocycles. The van der Waals surface area contributed by atoms with Crippen LogP contribution in [-0.4, -0.2) is 23.1 Å². The first-order valence-corrected chi connectivity index (χ1v) is 5.73. The molecule has 1 aromatic heterocycles. The van der Waals surface area contributed by atoms with Crippen molar-refractivity contribution in [1.29, 1.82) is 0 Å². The molecule has 15 heavy (non-hydrogen) atoms. The largest absolute Gasteiger partial charge is 0.397 e. The average Bonchev–Trinajstić information content (AvgIpc) is 2.42. The number of nitrogens with two attached hydrogens (primary N) is 1. The van der Waals surface area contributed by atoms with Gasteiger partial charge in [0.2, 0.25) is 0 Å². The van der Waals surface area contributed by atoms with Gasteiger partial charge in [0.15, 0.2) is 0 Å². The molecule has 3 nitrogen and oxygen atoms in total. The Morgan fingerprint density at radius 3 is 2.80 bits per heavy atom. The minimum Gasteiger partial charge on any atom is -0.397 e. The predicted octanol–water partition coefficient (Wildman–Crippen LogP) is 1.71. The second-order valence-corrected chi connectivity index (χ2v) is 5.03. The van der Waals surface area contributed by atoms with Crippen molar-refractivity contribution in [3.8, 4) is 0 Å². The van der Waals surface area contributed by atoms with Crippen LogP contribution in [0.25, 0.3) is 0 Å². The molecule has 0 bridgehead atoms. The Labute approximate surface area is 91.9 Å². The molecule has 0 fully saturated rings. The molecule has 0 aromatic carbocycles. The molecule has 1 aliphatic rings. The summed E-state index contributed by atoms with van der Waals surface area (Å²) in [6.07, 6.45) is 1.13. The van der Waals surface area contributed by atoms with Crippen LogP contribution in [0.2, 0.25) is 0 Å². The normalized spacial score (nSPS) is 17.1. The smallest absolute Gasteiger partial charge is 0.0552 e. The zero-order valence-corrected chi connectivity index (χ0v) is 9.95. The molecule has 0 radical (unpaired) electrons. The van der Waals surface area contributed by atoms with Crippen LogP contribution < -0.4 is 5.73 Å². The van der Waals surface area contributed by atoms with Gasteiger partial charge in [-0.2, -0.15) is 0 Å². The number of hydrogen-bond donors (Lipinski definition) is 1. The number of aromatic nitrogens is 1. The van der Waals surface area contributed by atoms with E-state index in [1.807, 2.05) is 0 Å². The van der Waals surface area contributed by atoms with E-state index in [0.29, 0.717) is 5.92 Å². The highest BCUT2D eigenvalue weighted by Crippen LogP contribution is 2.24. The van der Waals surface area contributed by atoms with Crippen molar-refractivity contribution >= 4 is 5.69 Å². The first kappa shape index (κ1) is 10.6. The van der Waals surface area contributed by atoms with Gasteiger partial charge in [-0.3, -0.25) is 4.90 Å². The van der Waals surface area contributed by atoms with Crippen LogP contribution in [0.3, 0.4) is 0 Å².